The molecule has 6 heteroatoms. The van der Waals surface area contributed by atoms with Crippen LogP contribution in [0.3, 0.4) is 0 Å². The Bertz CT molecular complexity index is 754. The summed E-state index contributed by atoms with van der Waals surface area (Å²) in [6.45, 7) is 0.693. The van der Waals surface area contributed by atoms with Gasteiger partial charge in [0.1, 0.15) is 5.01 Å². The molecule has 0 unspecified atom stereocenters. The van der Waals surface area contributed by atoms with Crippen molar-refractivity contribution in [1.29, 1.82) is 0 Å². The summed E-state index contributed by atoms with van der Waals surface area (Å²) in [5.41, 5.74) is 2.16. The van der Waals surface area contributed by atoms with Crippen LogP contribution in [0.15, 0.2) is 53.2 Å². The number of carbonyl (C=O) groups is 1. The quantitative estimate of drug-likeness (QED) is 0.592. The van der Waals surface area contributed by atoms with Crippen molar-refractivity contribution in [3.05, 3.63) is 64.5 Å². The zero-order chi connectivity index (χ0) is 16.6. The van der Waals surface area contributed by atoms with E-state index in [2.05, 4.69) is 40.6 Å². The fraction of sp³-hybridized carbons (Fsp3) is 0.222. The van der Waals surface area contributed by atoms with Gasteiger partial charge in [-0.2, -0.15) is 11.8 Å². The van der Waals surface area contributed by atoms with Crippen LogP contribution in [0.5, 0.6) is 0 Å². The summed E-state index contributed by atoms with van der Waals surface area (Å²) in [5, 5.41) is 7.97. The number of thiazole rings is 1. The van der Waals surface area contributed by atoms with E-state index in [-0.39, 0.29) is 5.91 Å². The topological polar surface area (TPSA) is 42.0 Å². The fourth-order valence-electron chi connectivity index (χ4n) is 2.16. The molecule has 0 atom stereocenters. The highest BCUT2D eigenvalue weighted by molar-refractivity contribution is 7.98. The molecule has 0 saturated carbocycles. The van der Waals surface area contributed by atoms with Crippen LogP contribution in [-0.4, -0.2) is 23.2 Å². The number of hydrogen-bond donors (Lipinski definition) is 1. The van der Waals surface area contributed by atoms with Crippen molar-refractivity contribution in [2.45, 2.75) is 12.2 Å². The van der Waals surface area contributed by atoms with E-state index in [1.807, 2.05) is 34.7 Å². The molecule has 3 aromatic rings. The second-order valence-electron chi connectivity index (χ2n) is 5.19. The predicted molar refractivity (Wildman–Crippen MR) is 105 cm³/mol. The van der Waals surface area contributed by atoms with Gasteiger partial charge in [-0.1, -0.05) is 36.4 Å². The first-order valence-corrected chi connectivity index (χ1v) is 10.6. The van der Waals surface area contributed by atoms with E-state index in [0.29, 0.717) is 13.0 Å². The van der Waals surface area contributed by atoms with Gasteiger partial charge in [0.05, 0.1) is 17.0 Å². The summed E-state index contributed by atoms with van der Waals surface area (Å²) in [4.78, 5) is 17.7. The molecule has 0 bridgehead atoms. The number of nitrogens with zero attached hydrogens (tertiary/aromatic N) is 1. The van der Waals surface area contributed by atoms with Gasteiger partial charge >= 0.3 is 0 Å². The third kappa shape index (κ3) is 5.19. The van der Waals surface area contributed by atoms with E-state index < -0.39 is 0 Å². The third-order valence-electron chi connectivity index (χ3n) is 3.31. The summed E-state index contributed by atoms with van der Waals surface area (Å²) in [7, 11) is 0. The lowest BCUT2D eigenvalue weighted by Gasteiger charge is -2.04. The number of hydrogen-bond acceptors (Lipinski definition) is 5. The number of benzene rings is 1. The van der Waals surface area contributed by atoms with Crippen molar-refractivity contribution in [2.75, 3.05) is 12.3 Å². The van der Waals surface area contributed by atoms with Gasteiger partial charge in [-0.3, -0.25) is 4.79 Å². The first-order valence-electron chi connectivity index (χ1n) is 7.68. The van der Waals surface area contributed by atoms with E-state index in [4.69, 9.17) is 0 Å². The minimum Gasteiger partial charge on any atom is -0.355 e. The maximum absolute atomic E-state index is 12.0. The minimum absolute atomic E-state index is 0.0401. The molecule has 0 aliphatic carbocycles. The molecule has 1 N–H and O–H groups in total. The molecule has 2 aromatic heterocycles. The van der Waals surface area contributed by atoms with Crippen molar-refractivity contribution in [3.63, 3.8) is 0 Å². The molecule has 0 fully saturated rings. The minimum atomic E-state index is 0.0401. The Hall–Kier alpha value is -1.63. The molecule has 0 aliphatic heterocycles. The van der Waals surface area contributed by atoms with E-state index >= 15 is 0 Å². The number of thioether (sulfide) groups is 1. The summed E-state index contributed by atoms with van der Waals surface area (Å²) in [5.74, 6) is 1.93. The number of rotatable bonds is 8. The highest BCUT2D eigenvalue weighted by Gasteiger charge is 2.09. The zero-order valence-corrected chi connectivity index (χ0v) is 15.6. The van der Waals surface area contributed by atoms with Crippen LogP contribution >= 0.6 is 34.4 Å². The van der Waals surface area contributed by atoms with Crippen LogP contribution in [0.25, 0.3) is 9.88 Å². The second-order valence-corrected chi connectivity index (χ2v) is 8.10. The Morgan fingerprint density at radius 3 is 2.79 bits per heavy atom. The van der Waals surface area contributed by atoms with Gasteiger partial charge in [-0.05, 0) is 17.0 Å². The van der Waals surface area contributed by atoms with E-state index in [0.717, 1.165) is 27.1 Å². The summed E-state index contributed by atoms with van der Waals surface area (Å²) >= 11 is 5.09. The molecule has 0 spiro atoms. The van der Waals surface area contributed by atoms with Gasteiger partial charge in [0.15, 0.2) is 0 Å². The van der Waals surface area contributed by atoms with Crippen LogP contribution in [0.4, 0.5) is 0 Å². The summed E-state index contributed by atoms with van der Waals surface area (Å²) in [6.07, 6.45) is 0.352. The molecule has 3 rings (SSSR count). The lowest BCUT2D eigenvalue weighted by atomic mass is 10.2. The van der Waals surface area contributed by atoms with E-state index in [1.54, 1.807) is 22.7 Å². The van der Waals surface area contributed by atoms with Crippen LogP contribution in [-0.2, 0) is 17.0 Å². The maximum Gasteiger partial charge on any atom is 0.226 e. The maximum atomic E-state index is 12.0. The third-order valence-corrected chi connectivity index (χ3v) is 6.27. The summed E-state index contributed by atoms with van der Waals surface area (Å²) in [6, 6.07) is 14.4. The molecular weight excluding hydrogens is 356 g/mol. The van der Waals surface area contributed by atoms with Gasteiger partial charge in [0, 0.05) is 23.4 Å². The Labute approximate surface area is 154 Å². The van der Waals surface area contributed by atoms with Gasteiger partial charge in [-0.25, -0.2) is 4.98 Å². The van der Waals surface area contributed by atoms with Gasteiger partial charge in [0.25, 0.3) is 0 Å². The van der Waals surface area contributed by atoms with Crippen molar-refractivity contribution in [1.82, 2.24) is 10.3 Å². The van der Waals surface area contributed by atoms with E-state index in [1.165, 1.54) is 5.56 Å². The average molecular weight is 375 g/mol. The van der Waals surface area contributed by atoms with E-state index in [9.17, 15) is 4.79 Å². The lowest BCUT2D eigenvalue weighted by Crippen LogP contribution is -2.27. The number of aromatic nitrogens is 1. The van der Waals surface area contributed by atoms with Crippen LogP contribution < -0.4 is 5.32 Å². The van der Waals surface area contributed by atoms with Crippen molar-refractivity contribution in [2.24, 2.45) is 0 Å². The number of carbonyl (C=O) groups excluding carboxylic acids is 1. The smallest absolute Gasteiger partial charge is 0.226 e. The molecule has 1 amide bonds. The first-order chi connectivity index (χ1) is 11.8. The number of thiophene rings is 1. The van der Waals surface area contributed by atoms with Crippen molar-refractivity contribution in [3.8, 4) is 9.88 Å². The van der Waals surface area contributed by atoms with Crippen LogP contribution in [0.1, 0.15) is 11.3 Å². The van der Waals surface area contributed by atoms with Gasteiger partial charge in [-0.15, -0.1) is 22.7 Å². The Balaban J connectivity index is 1.35. The standard InChI is InChI=1S/C18H18N2OS3/c21-17(19-8-10-22-12-14-5-2-1-3-6-14)11-15-13-24-18(20-15)16-7-4-9-23-16/h1-7,9,13H,8,10-12H2,(H,19,21). The van der Waals surface area contributed by atoms with Crippen LogP contribution in [0, 0.1) is 0 Å². The first kappa shape index (κ1) is 17.2. The zero-order valence-electron chi connectivity index (χ0n) is 13.1. The fourth-order valence-corrected chi connectivity index (χ4v) is 4.61. The Morgan fingerprint density at radius 2 is 2.00 bits per heavy atom. The van der Waals surface area contributed by atoms with Gasteiger partial charge < -0.3 is 5.32 Å². The molecule has 3 nitrogen and oxygen atoms in total. The molecule has 1 aromatic carbocycles. The predicted octanol–water partition coefficient (Wildman–Crippen LogP) is 4.46. The monoisotopic (exact) mass is 374 g/mol. The number of nitrogens with one attached hydrogen (secondary N) is 1. The molecule has 0 radical (unpaired) electrons. The normalized spacial score (nSPS) is 10.7. The molecule has 24 heavy (non-hydrogen) atoms. The summed E-state index contributed by atoms with van der Waals surface area (Å²) < 4.78 is 0. The van der Waals surface area contributed by atoms with Crippen LogP contribution in [0.2, 0.25) is 0 Å². The second kappa shape index (κ2) is 9.01. The lowest BCUT2D eigenvalue weighted by molar-refractivity contribution is -0.120. The van der Waals surface area contributed by atoms with Gasteiger partial charge in [0.2, 0.25) is 5.91 Å². The molecule has 2 heterocycles. The number of amides is 1. The molecule has 0 aliphatic rings. The SMILES string of the molecule is O=C(Cc1csc(-c2cccs2)n1)NCCSCc1ccccc1. The highest BCUT2D eigenvalue weighted by atomic mass is 32.2. The van der Waals surface area contributed by atoms with Crippen molar-refractivity contribution >= 4 is 40.3 Å². The average Bonchev–Trinajstić information content (AvgIpc) is 3.27. The van der Waals surface area contributed by atoms with Crippen molar-refractivity contribution < 1.29 is 4.79 Å². The highest BCUT2D eigenvalue weighted by Crippen LogP contribution is 2.27. The Kier molecular flexibility index (Phi) is 6.46. The molecule has 124 valence electrons. The Morgan fingerprint density at radius 1 is 1.12 bits per heavy atom. The largest absolute Gasteiger partial charge is 0.355 e. The molecular formula is C18H18N2OS3. The molecule has 0 saturated heterocycles.